The molecule has 0 radical (unpaired) electrons. The molecular weight excluding hydrogens is 396 g/mol. The topological polar surface area (TPSA) is 115 Å². The van der Waals surface area contributed by atoms with E-state index >= 15 is 0 Å². The number of carbonyl (C=O) groups is 1. The van der Waals surface area contributed by atoms with Gasteiger partial charge in [-0.3, -0.25) is 4.79 Å². The van der Waals surface area contributed by atoms with E-state index in [2.05, 4.69) is 15.3 Å². The molecule has 7 nitrogen and oxygen atoms in total. The summed E-state index contributed by atoms with van der Waals surface area (Å²) < 4.78 is 22.5. The third-order valence-corrected chi connectivity index (χ3v) is 5.52. The molecule has 3 rings (SSSR count). The van der Waals surface area contributed by atoms with Gasteiger partial charge in [0.25, 0.3) is 0 Å². The van der Waals surface area contributed by atoms with Gasteiger partial charge in [-0.25, -0.2) is 23.5 Å². The molecule has 0 spiro atoms. The number of benzene rings is 2. The van der Waals surface area contributed by atoms with Crippen LogP contribution in [0.15, 0.2) is 70.6 Å². The molecule has 2 aromatic carbocycles. The summed E-state index contributed by atoms with van der Waals surface area (Å²) in [5.74, 6) is 0.537. The fraction of sp³-hybridized carbons (Fsp3) is 0.105. The zero-order valence-electron chi connectivity index (χ0n) is 15.0. The van der Waals surface area contributed by atoms with Crippen molar-refractivity contribution >= 4 is 33.4 Å². The van der Waals surface area contributed by atoms with Gasteiger partial charge in [0.1, 0.15) is 5.03 Å². The number of hydrogen-bond acceptors (Lipinski definition) is 6. The normalized spacial score (nSPS) is 11.2. The van der Waals surface area contributed by atoms with E-state index in [1.54, 1.807) is 0 Å². The first-order valence-electron chi connectivity index (χ1n) is 8.28. The van der Waals surface area contributed by atoms with Crippen molar-refractivity contribution in [2.45, 2.75) is 16.8 Å². The Morgan fingerprint density at radius 3 is 2.39 bits per heavy atom. The van der Waals surface area contributed by atoms with Crippen molar-refractivity contribution in [2.24, 2.45) is 5.14 Å². The Balaban J connectivity index is 1.64. The van der Waals surface area contributed by atoms with Crippen molar-refractivity contribution in [3.63, 3.8) is 0 Å². The van der Waals surface area contributed by atoms with Crippen molar-refractivity contribution in [3.05, 3.63) is 66.4 Å². The highest BCUT2D eigenvalue weighted by atomic mass is 32.2. The average Bonchev–Trinajstić information content (AvgIpc) is 2.66. The number of nitrogens with one attached hydrogen (secondary N) is 1. The molecule has 1 heterocycles. The van der Waals surface area contributed by atoms with Crippen LogP contribution in [-0.2, 0) is 14.8 Å². The third kappa shape index (κ3) is 5.38. The molecule has 0 aliphatic heterocycles. The summed E-state index contributed by atoms with van der Waals surface area (Å²) in [5.41, 5.74) is 2.21. The lowest BCUT2D eigenvalue weighted by Crippen LogP contribution is -2.15. The Bertz CT molecular complexity index is 1090. The summed E-state index contributed by atoms with van der Waals surface area (Å²) in [4.78, 5) is 21.1. The summed E-state index contributed by atoms with van der Waals surface area (Å²) in [6, 6.07) is 17.1. The van der Waals surface area contributed by atoms with E-state index in [1.807, 2.05) is 43.3 Å². The number of nitrogens with zero attached hydrogens (tertiary/aromatic N) is 2. The predicted octanol–water partition coefficient (Wildman–Crippen LogP) is 2.83. The standard InChI is InChI=1S/C19H18N4O3S2/c1-13-11-18(23-19(21-13)14-5-3-2-4-6-14)27-12-17(24)22-15-7-9-16(10-8-15)28(20,25)26/h2-11H,12H2,1H3,(H,22,24)(H2,20,25,26). The maximum absolute atomic E-state index is 12.2. The number of hydrogen-bond donors (Lipinski definition) is 2. The van der Waals surface area contributed by atoms with E-state index in [1.165, 1.54) is 36.0 Å². The van der Waals surface area contributed by atoms with Crippen LogP contribution >= 0.6 is 11.8 Å². The van der Waals surface area contributed by atoms with Crippen molar-refractivity contribution in [2.75, 3.05) is 11.1 Å². The highest BCUT2D eigenvalue weighted by Gasteiger charge is 2.10. The van der Waals surface area contributed by atoms with Crippen LogP contribution in [-0.4, -0.2) is 30.0 Å². The second-order valence-corrected chi connectivity index (χ2v) is 8.50. The molecule has 1 amide bonds. The molecule has 9 heteroatoms. The van der Waals surface area contributed by atoms with Crippen molar-refractivity contribution in [3.8, 4) is 11.4 Å². The summed E-state index contributed by atoms with van der Waals surface area (Å²) in [6.45, 7) is 1.88. The van der Waals surface area contributed by atoms with Gasteiger partial charge in [0.15, 0.2) is 5.82 Å². The van der Waals surface area contributed by atoms with Crippen molar-refractivity contribution < 1.29 is 13.2 Å². The largest absolute Gasteiger partial charge is 0.325 e. The number of sulfonamides is 1. The zero-order valence-corrected chi connectivity index (χ0v) is 16.6. The minimum Gasteiger partial charge on any atom is -0.325 e. The molecular formula is C19H18N4O3S2. The average molecular weight is 415 g/mol. The Kier molecular flexibility index (Phi) is 6.08. The lowest BCUT2D eigenvalue weighted by molar-refractivity contribution is -0.113. The lowest BCUT2D eigenvalue weighted by Gasteiger charge is -2.07. The fourth-order valence-corrected chi connectivity index (χ4v) is 3.67. The van der Waals surface area contributed by atoms with Gasteiger partial charge in [-0.05, 0) is 37.3 Å². The number of amides is 1. The highest BCUT2D eigenvalue weighted by molar-refractivity contribution is 7.99. The maximum Gasteiger partial charge on any atom is 0.238 e. The second-order valence-electron chi connectivity index (χ2n) is 5.94. The van der Waals surface area contributed by atoms with Gasteiger partial charge in [-0.2, -0.15) is 0 Å². The number of thioether (sulfide) groups is 1. The molecule has 28 heavy (non-hydrogen) atoms. The van der Waals surface area contributed by atoms with Crippen molar-refractivity contribution in [1.82, 2.24) is 9.97 Å². The maximum atomic E-state index is 12.2. The van der Waals surface area contributed by atoms with E-state index in [4.69, 9.17) is 5.14 Å². The number of aromatic nitrogens is 2. The molecule has 0 bridgehead atoms. The smallest absolute Gasteiger partial charge is 0.238 e. The van der Waals surface area contributed by atoms with Gasteiger partial charge in [-0.15, -0.1) is 0 Å². The van der Waals surface area contributed by atoms with Crippen LogP contribution in [0, 0.1) is 6.92 Å². The number of rotatable bonds is 6. The van der Waals surface area contributed by atoms with Crippen LogP contribution in [0.4, 0.5) is 5.69 Å². The molecule has 0 fully saturated rings. The van der Waals surface area contributed by atoms with E-state index in [-0.39, 0.29) is 16.6 Å². The molecule has 144 valence electrons. The molecule has 0 unspecified atom stereocenters. The van der Waals surface area contributed by atoms with E-state index < -0.39 is 10.0 Å². The molecule has 3 aromatic rings. The zero-order chi connectivity index (χ0) is 20.1. The molecule has 1 aromatic heterocycles. The number of aryl methyl sites for hydroxylation is 1. The van der Waals surface area contributed by atoms with Crippen LogP contribution in [0.25, 0.3) is 11.4 Å². The minimum absolute atomic E-state index is 0.00947. The molecule has 0 atom stereocenters. The van der Waals surface area contributed by atoms with Gasteiger partial charge in [-0.1, -0.05) is 42.1 Å². The Labute approximate surface area is 167 Å². The Morgan fingerprint density at radius 2 is 1.75 bits per heavy atom. The van der Waals surface area contributed by atoms with Gasteiger partial charge in [0.2, 0.25) is 15.9 Å². The quantitative estimate of drug-likeness (QED) is 0.473. The summed E-state index contributed by atoms with van der Waals surface area (Å²) in [7, 11) is -3.76. The van der Waals surface area contributed by atoms with Crippen molar-refractivity contribution in [1.29, 1.82) is 0 Å². The van der Waals surface area contributed by atoms with E-state index in [9.17, 15) is 13.2 Å². The summed E-state index contributed by atoms with van der Waals surface area (Å²) in [5, 5.41) is 8.47. The van der Waals surface area contributed by atoms with Crippen LogP contribution < -0.4 is 10.5 Å². The SMILES string of the molecule is Cc1cc(SCC(=O)Nc2ccc(S(N)(=O)=O)cc2)nc(-c2ccccc2)n1. The summed E-state index contributed by atoms with van der Waals surface area (Å²) >= 11 is 1.30. The lowest BCUT2D eigenvalue weighted by atomic mass is 10.2. The first kappa shape index (κ1) is 20.0. The molecule has 0 aliphatic carbocycles. The number of carbonyl (C=O) groups excluding carboxylic acids is 1. The van der Waals surface area contributed by atoms with Gasteiger partial charge >= 0.3 is 0 Å². The van der Waals surface area contributed by atoms with E-state index in [0.717, 1.165) is 11.3 Å². The molecule has 0 saturated carbocycles. The Hall–Kier alpha value is -2.75. The van der Waals surface area contributed by atoms with Crippen LogP contribution in [0.3, 0.4) is 0 Å². The predicted molar refractivity (Wildman–Crippen MR) is 109 cm³/mol. The summed E-state index contributed by atoms with van der Waals surface area (Å²) in [6.07, 6.45) is 0. The first-order valence-corrected chi connectivity index (χ1v) is 10.8. The van der Waals surface area contributed by atoms with E-state index in [0.29, 0.717) is 16.5 Å². The third-order valence-electron chi connectivity index (χ3n) is 3.68. The van der Waals surface area contributed by atoms with Crippen LogP contribution in [0.2, 0.25) is 0 Å². The van der Waals surface area contributed by atoms with Gasteiger partial charge in [0.05, 0.1) is 10.6 Å². The number of nitrogens with two attached hydrogens (primary N) is 1. The van der Waals surface area contributed by atoms with Gasteiger partial charge < -0.3 is 5.32 Å². The monoisotopic (exact) mass is 414 g/mol. The molecule has 0 aliphatic rings. The minimum atomic E-state index is -3.76. The fourth-order valence-electron chi connectivity index (χ4n) is 2.39. The number of primary sulfonamides is 1. The molecule has 0 saturated heterocycles. The Morgan fingerprint density at radius 1 is 1.07 bits per heavy atom. The first-order chi connectivity index (χ1) is 13.3. The van der Waals surface area contributed by atoms with Gasteiger partial charge in [0, 0.05) is 16.9 Å². The van der Waals surface area contributed by atoms with Crippen LogP contribution in [0.5, 0.6) is 0 Å². The second kappa shape index (κ2) is 8.51. The molecule has 3 N–H and O–H groups in total. The highest BCUT2D eigenvalue weighted by Crippen LogP contribution is 2.22. The van der Waals surface area contributed by atoms with Crippen LogP contribution in [0.1, 0.15) is 5.69 Å². The number of anilines is 1.